The molecule has 1 aromatic carbocycles. The van der Waals surface area contributed by atoms with Crippen LogP contribution in [0.4, 0.5) is 4.39 Å². The van der Waals surface area contributed by atoms with E-state index in [1.54, 1.807) is 24.3 Å². The average Bonchev–Trinajstić information content (AvgIpc) is 3.21. The van der Waals surface area contributed by atoms with Crippen molar-refractivity contribution in [1.29, 1.82) is 0 Å². The number of methoxy groups -OCH3 is 1. The fraction of sp³-hybridized carbons (Fsp3) is 0.421. The minimum atomic E-state index is -1.21. The third kappa shape index (κ3) is 4.18. The van der Waals surface area contributed by atoms with Crippen molar-refractivity contribution in [2.75, 3.05) is 7.11 Å². The summed E-state index contributed by atoms with van der Waals surface area (Å²) in [6.45, 7) is 7.28. The van der Waals surface area contributed by atoms with E-state index in [0.29, 0.717) is 11.3 Å². The molecule has 10 heteroatoms. The van der Waals surface area contributed by atoms with Crippen molar-refractivity contribution in [3.05, 3.63) is 47.4 Å². The van der Waals surface area contributed by atoms with Gasteiger partial charge in [0.15, 0.2) is 5.69 Å². The number of carbonyl (C=O) groups is 1. The van der Waals surface area contributed by atoms with Crippen LogP contribution < -0.4 is 4.74 Å². The number of benzene rings is 1. The number of aromatic carboxylic acids is 1. The summed E-state index contributed by atoms with van der Waals surface area (Å²) in [6.07, 6.45) is 1.24. The van der Waals surface area contributed by atoms with Gasteiger partial charge in [-0.15, -0.1) is 5.10 Å². The maximum absolute atomic E-state index is 15.6. The second kappa shape index (κ2) is 7.60. The third-order valence-corrected chi connectivity index (χ3v) is 5.24. The zero-order valence-corrected chi connectivity index (χ0v) is 17.0. The summed E-state index contributed by atoms with van der Waals surface area (Å²) in [5, 5.41) is 16.4. The van der Waals surface area contributed by atoms with Gasteiger partial charge in [-0.1, -0.05) is 17.3 Å². The Labute approximate surface area is 168 Å². The molecule has 8 nitrogen and oxygen atoms in total. The predicted molar refractivity (Wildman–Crippen MR) is 104 cm³/mol. The van der Waals surface area contributed by atoms with E-state index in [2.05, 4.69) is 10.3 Å². The van der Waals surface area contributed by atoms with Gasteiger partial charge in [-0.2, -0.15) is 0 Å². The van der Waals surface area contributed by atoms with Crippen LogP contribution in [-0.4, -0.2) is 51.5 Å². The third-order valence-electron chi connectivity index (χ3n) is 5.24. The molecule has 1 aliphatic rings. The SMILES string of the molecule is COc1cccc(C(Cn2cc(C(=O)O)nn2)=C(F)B2OC(C)(C)C(C)(C)O2)c1. The van der Waals surface area contributed by atoms with E-state index in [4.69, 9.17) is 19.2 Å². The molecule has 1 aromatic heterocycles. The fourth-order valence-electron chi connectivity index (χ4n) is 2.84. The quantitative estimate of drug-likeness (QED) is 0.741. The van der Waals surface area contributed by atoms with Crippen LogP contribution in [0.2, 0.25) is 0 Å². The second-order valence-electron chi connectivity index (χ2n) is 7.75. The summed E-state index contributed by atoms with van der Waals surface area (Å²) in [5.74, 6) is -0.666. The Kier molecular flexibility index (Phi) is 5.51. The second-order valence-corrected chi connectivity index (χ2v) is 7.75. The molecular formula is C19H23BFN3O5. The topological polar surface area (TPSA) is 95.7 Å². The van der Waals surface area contributed by atoms with Gasteiger partial charge in [0, 0.05) is 5.57 Å². The number of nitrogens with zero attached hydrogens (tertiary/aromatic N) is 3. The molecule has 29 heavy (non-hydrogen) atoms. The number of hydrogen-bond acceptors (Lipinski definition) is 6. The van der Waals surface area contributed by atoms with Crippen molar-refractivity contribution in [3.8, 4) is 5.75 Å². The largest absolute Gasteiger partial charge is 0.525 e. The van der Waals surface area contributed by atoms with Gasteiger partial charge >= 0.3 is 13.1 Å². The molecule has 0 unspecified atom stereocenters. The lowest BCUT2D eigenvalue weighted by Crippen LogP contribution is -2.41. The number of ether oxygens (including phenoxy) is 1. The number of aromatic nitrogens is 3. The van der Waals surface area contributed by atoms with Crippen LogP contribution in [0.5, 0.6) is 5.75 Å². The van der Waals surface area contributed by atoms with Gasteiger partial charge in [0.05, 0.1) is 31.1 Å². The molecule has 0 bridgehead atoms. The van der Waals surface area contributed by atoms with Crippen molar-refractivity contribution < 1.29 is 28.3 Å². The molecule has 3 rings (SSSR count). The number of hydrogen-bond donors (Lipinski definition) is 1. The highest BCUT2D eigenvalue weighted by molar-refractivity contribution is 6.55. The number of rotatable bonds is 6. The summed E-state index contributed by atoms with van der Waals surface area (Å²) >= 11 is 0. The smallest absolute Gasteiger partial charge is 0.497 e. The van der Waals surface area contributed by atoms with E-state index in [-0.39, 0.29) is 17.8 Å². The molecule has 0 radical (unpaired) electrons. The van der Waals surface area contributed by atoms with Crippen LogP contribution in [0, 0.1) is 0 Å². The molecule has 0 saturated carbocycles. The maximum Gasteiger partial charge on any atom is 0.525 e. The first kappa shape index (κ1) is 21.0. The predicted octanol–water partition coefficient (Wildman–Crippen LogP) is 3.00. The molecule has 1 N–H and O–H groups in total. The zero-order chi connectivity index (χ0) is 21.4. The normalized spacial score (nSPS) is 18.5. The molecule has 1 aliphatic heterocycles. The average molecular weight is 403 g/mol. The lowest BCUT2D eigenvalue weighted by molar-refractivity contribution is 0.00578. The minimum Gasteiger partial charge on any atom is -0.497 e. The first-order valence-corrected chi connectivity index (χ1v) is 9.06. The Morgan fingerprint density at radius 3 is 2.48 bits per heavy atom. The fourth-order valence-corrected chi connectivity index (χ4v) is 2.84. The van der Waals surface area contributed by atoms with Crippen LogP contribution in [0.1, 0.15) is 43.7 Å². The van der Waals surface area contributed by atoms with Crippen molar-refractivity contribution in [2.45, 2.75) is 45.4 Å². The molecule has 2 aromatic rings. The van der Waals surface area contributed by atoms with E-state index in [0.717, 1.165) is 0 Å². The molecular weight excluding hydrogens is 380 g/mol. The van der Waals surface area contributed by atoms with Gasteiger partial charge in [0.2, 0.25) is 0 Å². The molecule has 1 fully saturated rings. The van der Waals surface area contributed by atoms with Gasteiger partial charge in [-0.3, -0.25) is 0 Å². The molecule has 154 valence electrons. The molecule has 2 heterocycles. The summed E-state index contributed by atoms with van der Waals surface area (Å²) in [7, 11) is 0.313. The van der Waals surface area contributed by atoms with Crippen LogP contribution in [0.15, 0.2) is 36.2 Å². The Balaban J connectivity index is 2.04. The van der Waals surface area contributed by atoms with E-state index < -0.39 is 30.0 Å². The van der Waals surface area contributed by atoms with E-state index in [9.17, 15) is 4.79 Å². The highest BCUT2D eigenvalue weighted by Gasteiger charge is 2.53. The highest BCUT2D eigenvalue weighted by Crippen LogP contribution is 2.40. The van der Waals surface area contributed by atoms with Crippen LogP contribution in [0.25, 0.3) is 5.57 Å². The van der Waals surface area contributed by atoms with Gasteiger partial charge in [-0.25, -0.2) is 13.9 Å². The van der Waals surface area contributed by atoms with Crippen LogP contribution >= 0.6 is 0 Å². The van der Waals surface area contributed by atoms with Gasteiger partial charge in [-0.05, 0) is 45.4 Å². The first-order valence-electron chi connectivity index (χ1n) is 9.06. The zero-order valence-electron chi connectivity index (χ0n) is 17.0. The standard InChI is InChI=1S/C19H23BFN3O5/c1-18(2)19(3,4)29-20(28-18)16(21)14(12-7-6-8-13(9-12)27-5)10-24-11-15(17(25)26)22-23-24/h6-9,11H,10H2,1-5H3,(H,25,26). The number of carboxylic acid groups (broad SMARTS) is 1. The number of allylic oxidation sites excluding steroid dienone is 1. The van der Waals surface area contributed by atoms with Crippen molar-refractivity contribution in [3.63, 3.8) is 0 Å². The van der Waals surface area contributed by atoms with Crippen molar-refractivity contribution in [2.24, 2.45) is 0 Å². The minimum absolute atomic E-state index is 0.0661. The molecule has 0 aliphatic carbocycles. The summed E-state index contributed by atoms with van der Waals surface area (Å²) < 4.78 is 33.8. The Morgan fingerprint density at radius 1 is 1.28 bits per heavy atom. The first-order chi connectivity index (χ1) is 13.5. The summed E-state index contributed by atoms with van der Waals surface area (Å²) in [4.78, 5) is 11.1. The molecule has 0 atom stereocenters. The number of carboxylic acids is 1. The maximum atomic E-state index is 15.6. The summed E-state index contributed by atoms with van der Waals surface area (Å²) in [5.41, 5.74) is -1.51. The van der Waals surface area contributed by atoms with Crippen LogP contribution in [-0.2, 0) is 15.9 Å². The van der Waals surface area contributed by atoms with Crippen molar-refractivity contribution >= 4 is 18.7 Å². The van der Waals surface area contributed by atoms with Crippen molar-refractivity contribution in [1.82, 2.24) is 15.0 Å². The lowest BCUT2D eigenvalue weighted by Gasteiger charge is -2.32. The molecule has 1 saturated heterocycles. The molecule has 0 amide bonds. The Morgan fingerprint density at radius 2 is 1.93 bits per heavy atom. The van der Waals surface area contributed by atoms with E-state index in [1.807, 2.05) is 27.7 Å². The van der Waals surface area contributed by atoms with Gasteiger partial charge in [0.25, 0.3) is 0 Å². The van der Waals surface area contributed by atoms with Gasteiger partial charge in [0.1, 0.15) is 11.5 Å². The molecule has 0 spiro atoms. The lowest BCUT2D eigenvalue weighted by atomic mass is 9.82. The van der Waals surface area contributed by atoms with Crippen LogP contribution in [0.3, 0.4) is 0 Å². The Hall–Kier alpha value is -2.72. The number of halogens is 1. The highest BCUT2D eigenvalue weighted by atomic mass is 19.1. The Bertz CT molecular complexity index is 941. The van der Waals surface area contributed by atoms with E-state index in [1.165, 1.54) is 18.0 Å². The van der Waals surface area contributed by atoms with Gasteiger partial charge < -0.3 is 19.2 Å². The monoisotopic (exact) mass is 403 g/mol. The summed E-state index contributed by atoms with van der Waals surface area (Å²) in [6, 6.07) is 6.87. The van der Waals surface area contributed by atoms with E-state index >= 15 is 4.39 Å².